The Morgan fingerprint density at radius 3 is 3.14 bits per heavy atom. The maximum atomic E-state index is 6.18. The van der Waals surface area contributed by atoms with Gasteiger partial charge in [-0.05, 0) is 29.8 Å². The van der Waals surface area contributed by atoms with Crippen LogP contribution in [-0.4, -0.2) is 21.4 Å². The van der Waals surface area contributed by atoms with Crippen molar-refractivity contribution in [3.05, 3.63) is 47.1 Å². The highest BCUT2D eigenvalue weighted by Crippen LogP contribution is 2.40. The number of nitrogens with zero attached hydrogens (tertiary/aromatic N) is 3. The van der Waals surface area contributed by atoms with E-state index in [4.69, 9.17) is 21.1 Å². The molecule has 7 heteroatoms. The molecule has 2 aromatic heterocycles. The molecule has 0 amide bonds. The Kier molecular flexibility index (Phi) is 3.12. The molecule has 0 unspecified atom stereocenters. The summed E-state index contributed by atoms with van der Waals surface area (Å²) in [5.41, 5.74) is 1.89. The van der Waals surface area contributed by atoms with Gasteiger partial charge >= 0.3 is 0 Å². The number of benzene rings is 1. The molecule has 0 radical (unpaired) electrons. The first-order chi connectivity index (χ1) is 10.3. The molecule has 0 bridgehead atoms. The van der Waals surface area contributed by atoms with E-state index in [0.29, 0.717) is 16.5 Å². The van der Waals surface area contributed by atoms with Crippen LogP contribution < -0.4 is 9.47 Å². The minimum absolute atomic E-state index is 0.223. The second-order valence-electron chi connectivity index (χ2n) is 4.51. The van der Waals surface area contributed by atoms with Gasteiger partial charge in [0.1, 0.15) is 0 Å². The van der Waals surface area contributed by atoms with Crippen molar-refractivity contribution >= 4 is 29.0 Å². The molecular formula is C14H10ClN3O2S. The van der Waals surface area contributed by atoms with Gasteiger partial charge in [-0.2, -0.15) is 0 Å². The monoisotopic (exact) mass is 319 g/mol. The average Bonchev–Trinajstić information content (AvgIpc) is 3.12. The Morgan fingerprint density at radius 1 is 1.24 bits per heavy atom. The molecule has 0 aliphatic carbocycles. The van der Waals surface area contributed by atoms with E-state index >= 15 is 0 Å². The van der Waals surface area contributed by atoms with E-state index in [1.807, 2.05) is 40.9 Å². The van der Waals surface area contributed by atoms with Crippen LogP contribution >= 0.6 is 23.4 Å². The van der Waals surface area contributed by atoms with Crippen molar-refractivity contribution in [3.8, 4) is 11.5 Å². The first-order valence-electron chi connectivity index (χ1n) is 6.32. The minimum atomic E-state index is 0.223. The summed E-state index contributed by atoms with van der Waals surface area (Å²) in [6, 6.07) is 9.66. The van der Waals surface area contributed by atoms with Gasteiger partial charge in [0.2, 0.25) is 6.79 Å². The molecule has 3 heterocycles. The molecule has 21 heavy (non-hydrogen) atoms. The molecule has 0 atom stereocenters. The van der Waals surface area contributed by atoms with Gasteiger partial charge in [0, 0.05) is 11.9 Å². The second-order valence-corrected chi connectivity index (χ2v) is 5.86. The molecule has 4 rings (SSSR count). The maximum absolute atomic E-state index is 6.18. The van der Waals surface area contributed by atoms with Gasteiger partial charge in [0.05, 0.1) is 5.02 Å². The fourth-order valence-corrected chi connectivity index (χ4v) is 3.31. The lowest BCUT2D eigenvalue weighted by Gasteiger charge is -2.04. The van der Waals surface area contributed by atoms with Crippen LogP contribution in [0.15, 0.2) is 41.7 Å². The molecule has 0 saturated carbocycles. The predicted octanol–water partition coefficient (Wildman–Crippen LogP) is 3.40. The third-order valence-electron chi connectivity index (χ3n) is 3.14. The minimum Gasteiger partial charge on any atom is -0.454 e. The number of rotatable bonds is 3. The number of aromatic nitrogens is 3. The van der Waals surface area contributed by atoms with E-state index in [-0.39, 0.29) is 6.79 Å². The SMILES string of the molecule is Clc1cc(CSc2nnc3ccccn23)cc2c1OCO2. The Hall–Kier alpha value is -1.92. The lowest BCUT2D eigenvalue weighted by molar-refractivity contribution is 0.174. The number of hydrogen-bond donors (Lipinski definition) is 0. The van der Waals surface area contributed by atoms with Crippen LogP contribution in [0.5, 0.6) is 11.5 Å². The summed E-state index contributed by atoms with van der Waals surface area (Å²) in [6.45, 7) is 0.223. The van der Waals surface area contributed by atoms with Gasteiger partial charge in [0.25, 0.3) is 0 Å². The lowest BCUT2D eigenvalue weighted by Crippen LogP contribution is -1.93. The second kappa shape index (κ2) is 5.13. The summed E-state index contributed by atoms with van der Waals surface area (Å²) in [5.74, 6) is 2.05. The molecular weight excluding hydrogens is 310 g/mol. The Balaban J connectivity index is 1.58. The van der Waals surface area contributed by atoms with Gasteiger partial charge in [-0.3, -0.25) is 4.40 Å². The fraction of sp³-hybridized carbons (Fsp3) is 0.143. The zero-order chi connectivity index (χ0) is 14.2. The van der Waals surface area contributed by atoms with E-state index in [1.54, 1.807) is 11.8 Å². The van der Waals surface area contributed by atoms with Gasteiger partial charge in [0.15, 0.2) is 22.3 Å². The molecule has 5 nitrogen and oxygen atoms in total. The van der Waals surface area contributed by atoms with Crippen molar-refractivity contribution in [2.75, 3.05) is 6.79 Å². The third kappa shape index (κ3) is 2.30. The number of pyridine rings is 1. The highest BCUT2D eigenvalue weighted by atomic mass is 35.5. The normalized spacial score (nSPS) is 13.0. The van der Waals surface area contributed by atoms with E-state index in [1.165, 1.54) is 0 Å². The van der Waals surface area contributed by atoms with Crippen LogP contribution in [0.3, 0.4) is 0 Å². The average molecular weight is 320 g/mol. The summed E-state index contributed by atoms with van der Waals surface area (Å²) in [5, 5.41) is 9.74. The standard InChI is InChI=1S/C14H10ClN3O2S/c15-10-5-9(6-11-13(10)20-8-19-11)7-21-14-17-16-12-3-1-2-4-18(12)14/h1-6H,7-8H2. The zero-order valence-electron chi connectivity index (χ0n) is 10.8. The smallest absolute Gasteiger partial charge is 0.231 e. The van der Waals surface area contributed by atoms with Gasteiger partial charge in [-0.25, -0.2) is 0 Å². The highest BCUT2D eigenvalue weighted by molar-refractivity contribution is 7.98. The zero-order valence-corrected chi connectivity index (χ0v) is 12.4. The quantitative estimate of drug-likeness (QED) is 0.692. The first-order valence-corrected chi connectivity index (χ1v) is 7.68. The van der Waals surface area contributed by atoms with Crippen molar-refractivity contribution in [3.63, 3.8) is 0 Å². The molecule has 1 aliphatic heterocycles. The molecule has 1 aliphatic rings. The largest absolute Gasteiger partial charge is 0.454 e. The van der Waals surface area contributed by atoms with Crippen molar-refractivity contribution in [2.24, 2.45) is 0 Å². The molecule has 0 saturated heterocycles. The van der Waals surface area contributed by atoms with Crippen molar-refractivity contribution < 1.29 is 9.47 Å². The van der Waals surface area contributed by atoms with Crippen molar-refractivity contribution in [1.82, 2.24) is 14.6 Å². The third-order valence-corrected chi connectivity index (χ3v) is 4.43. The first kappa shape index (κ1) is 12.8. The van der Waals surface area contributed by atoms with Crippen LogP contribution in [0.25, 0.3) is 5.65 Å². The summed E-state index contributed by atoms with van der Waals surface area (Å²) >= 11 is 7.78. The van der Waals surface area contributed by atoms with Crippen molar-refractivity contribution in [2.45, 2.75) is 10.9 Å². The van der Waals surface area contributed by atoms with Crippen LogP contribution in [0.2, 0.25) is 5.02 Å². The number of ether oxygens (including phenoxy) is 2. The topological polar surface area (TPSA) is 48.7 Å². The summed E-state index contributed by atoms with van der Waals surface area (Å²) in [4.78, 5) is 0. The summed E-state index contributed by atoms with van der Waals surface area (Å²) < 4.78 is 12.6. The van der Waals surface area contributed by atoms with Crippen LogP contribution in [0.4, 0.5) is 0 Å². The summed E-state index contributed by atoms with van der Waals surface area (Å²) in [7, 11) is 0. The Labute approximate surface area is 129 Å². The van der Waals surface area contributed by atoms with E-state index < -0.39 is 0 Å². The van der Waals surface area contributed by atoms with Gasteiger partial charge in [-0.1, -0.05) is 29.4 Å². The molecule has 0 N–H and O–H groups in total. The highest BCUT2D eigenvalue weighted by Gasteiger charge is 2.18. The van der Waals surface area contributed by atoms with Crippen molar-refractivity contribution in [1.29, 1.82) is 0 Å². The molecule has 0 spiro atoms. The molecule has 106 valence electrons. The van der Waals surface area contributed by atoms with E-state index in [2.05, 4.69) is 10.2 Å². The Bertz CT molecular complexity index is 821. The molecule has 0 fully saturated rings. The summed E-state index contributed by atoms with van der Waals surface area (Å²) in [6.07, 6.45) is 1.95. The van der Waals surface area contributed by atoms with E-state index in [9.17, 15) is 0 Å². The number of thioether (sulfide) groups is 1. The number of halogens is 1. The van der Waals surface area contributed by atoms with Crippen LogP contribution in [-0.2, 0) is 5.75 Å². The fourth-order valence-electron chi connectivity index (χ4n) is 2.17. The lowest BCUT2D eigenvalue weighted by atomic mass is 10.2. The van der Waals surface area contributed by atoms with E-state index in [0.717, 1.165) is 22.1 Å². The molecule has 3 aromatic rings. The maximum Gasteiger partial charge on any atom is 0.231 e. The van der Waals surface area contributed by atoms with Gasteiger partial charge < -0.3 is 9.47 Å². The molecule has 1 aromatic carbocycles. The number of hydrogen-bond acceptors (Lipinski definition) is 5. The number of fused-ring (bicyclic) bond motifs is 2. The van der Waals surface area contributed by atoms with Crippen LogP contribution in [0, 0.1) is 0 Å². The Morgan fingerprint density at radius 2 is 2.19 bits per heavy atom. The predicted molar refractivity (Wildman–Crippen MR) is 80.1 cm³/mol. The van der Waals surface area contributed by atoms with Crippen LogP contribution in [0.1, 0.15) is 5.56 Å². The van der Waals surface area contributed by atoms with Gasteiger partial charge in [-0.15, -0.1) is 10.2 Å².